The Morgan fingerprint density at radius 2 is 2.00 bits per heavy atom. The third-order valence-electron chi connectivity index (χ3n) is 3.08. The summed E-state index contributed by atoms with van der Waals surface area (Å²) in [5.74, 6) is -0.121. The summed E-state index contributed by atoms with van der Waals surface area (Å²) >= 11 is 5.96. The normalized spacial score (nSPS) is 10.3. The van der Waals surface area contributed by atoms with Crippen molar-refractivity contribution in [1.82, 2.24) is 9.88 Å². The molecule has 0 spiro atoms. The van der Waals surface area contributed by atoms with E-state index in [-0.39, 0.29) is 5.91 Å². The number of nitrogens with zero attached hydrogens (tertiary/aromatic N) is 2. The van der Waals surface area contributed by atoms with Crippen LogP contribution in [0, 0.1) is 0 Å². The molecule has 4 nitrogen and oxygen atoms in total. The highest BCUT2D eigenvalue weighted by Gasteiger charge is 2.18. The number of anilines is 1. The zero-order chi connectivity index (χ0) is 14.5. The van der Waals surface area contributed by atoms with E-state index < -0.39 is 0 Å². The van der Waals surface area contributed by atoms with Gasteiger partial charge in [0.2, 0.25) is 0 Å². The number of nitrogens with two attached hydrogens (primary N) is 1. The molecule has 2 rings (SSSR count). The van der Waals surface area contributed by atoms with Gasteiger partial charge in [0.25, 0.3) is 5.91 Å². The molecule has 104 valence electrons. The fourth-order valence-corrected chi connectivity index (χ4v) is 2.10. The number of carbonyl (C=O) groups is 1. The van der Waals surface area contributed by atoms with E-state index in [0.717, 1.165) is 5.56 Å². The Labute approximate surface area is 123 Å². The number of benzene rings is 1. The van der Waals surface area contributed by atoms with E-state index in [4.69, 9.17) is 17.3 Å². The fraction of sp³-hybridized carbons (Fsp3) is 0.200. The third-order valence-corrected chi connectivity index (χ3v) is 3.40. The van der Waals surface area contributed by atoms with E-state index >= 15 is 0 Å². The standard InChI is InChI=1S/C15H16ClN3O/c1-2-19(10-11-6-8-18-9-7-11)15(20)12-4-3-5-13(16)14(12)17/h3-9H,2,10,17H2,1H3. The molecule has 2 aromatic rings. The lowest BCUT2D eigenvalue weighted by Gasteiger charge is -2.22. The van der Waals surface area contributed by atoms with Gasteiger partial charge in [-0.25, -0.2) is 0 Å². The van der Waals surface area contributed by atoms with Gasteiger partial charge in [-0.1, -0.05) is 17.7 Å². The van der Waals surface area contributed by atoms with Gasteiger partial charge < -0.3 is 10.6 Å². The summed E-state index contributed by atoms with van der Waals surface area (Å²) in [6, 6.07) is 8.87. The molecule has 0 radical (unpaired) electrons. The van der Waals surface area contributed by atoms with Crippen molar-refractivity contribution >= 4 is 23.2 Å². The maximum absolute atomic E-state index is 12.5. The predicted molar refractivity (Wildman–Crippen MR) is 80.5 cm³/mol. The summed E-state index contributed by atoms with van der Waals surface area (Å²) in [6.45, 7) is 3.04. The monoisotopic (exact) mass is 289 g/mol. The Morgan fingerprint density at radius 3 is 2.65 bits per heavy atom. The number of halogens is 1. The topological polar surface area (TPSA) is 59.2 Å². The average molecular weight is 290 g/mol. The van der Waals surface area contributed by atoms with E-state index in [9.17, 15) is 4.79 Å². The lowest BCUT2D eigenvalue weighted by atomic mass is 10.1. The Kier molecular flexibility index (Phi) is 4.58. The minimum Gasteiger partial charge on any atom is -0.397 e. The van der Waals surface area contributed by atoms with Crippen LogP contribution in [0.3, 0.4) is 0 Å². The van der Waals surface area contributed by atoms with Gasteiger partial charge in [0.15, 0.2) is 0 Å². The van der Waals surface area contributed by atoms with Crippen molar-refractivity contribution in [2.45, 2.75) is 13.5 Å². The van der Waals surface area contributed by atoms with Gasteiger partial charge in [-0.15, -0.1) is 0 Å². The first kappa shape index (κ1) is 14.3. The second-order valence-electron chi connectivity index (χ2n) is 4.38. The molecule has 0 atom stereocenters. The molecular formula is C15H16ClN3O. The third kappa shape index (κ3) is 3.08. The minimum absolute atomic E-state index is 0.121. The lowest BCUT2D eigenvalue weighted by molar-refractivity contribution is 0.0753. The van der Waals surface area contributed by atoms with Crippen LogP contribution in [0.2, 0.25) is 5.02 Å². The lowest BCUT2D eigenvalue weighted by Crippen LogP contribution is -2.30. The Morgan fingerprint density at radius 1 is 1.30 bits per heavy atom. The van der Waals surface area contributed by atoms with Crippen molar-refractivity contribution in [2.24, 2.45) is 0 Å². The molecule has 0 aliphatic carbocycles. The summed E-state index contributed by atoms with van der Waals surface area (Å²) < 4.78 is 0. The number of nitrogen functional groups attached to an aromatic ring is 1. The predicted octanol–water partition coefficient (Wildman–Crippen LogP) is 2.98. The SMILES string of the molecule is CCN(Cc1ccncc1)C(=O)c1cccc(Cl)c1N. The van der Waals surface area contributed by atoms with Crippen LogP contribution in [-0.4, -0.2) is 22.3 Å². The molecule has 5 heteroatoms. The summed E-state index contributed by atoms with van der Waals surface area (Å²) in [6.07, 6.45) is 3.42. The van der Waals surface area contributed by atoms with Crippen molar-refractivity contribution in [3.05, 3.63) is 58.9 Å². The van der Waals surface area contributed by atoms with Crippen molar-refractivity contribution in [2.75, 3.05) is 12.3 Å². The summed E-state index contributed by atoms with van der Waals surface area (Å²) in [7, 11) is 0. The zero-order valence-corrected chi connectivity index (χ0v) is 12.0. The number of amides is 1. The first-order valence-electron chi connectivity index (χ1n) is 6.35. The quantitative estimate of drug-likeness (QED) is 0.880. The van der Waals surface area contributed by atoms with Gasteiger partial charge in [0, 0.05) is 25.5 Å². The van der Waals surface area contributed by atoms with Crippen molar-refractivity contribution in [3.63, 3.8) is 0 Å². The molecule has 0 unspecified atom stereocenters. The molecule has 0 saturated carbocycles. The largest absolute Gasteiger partial charge is 0.397 e. The molecule has 0 aliphatic heterocycles. The van der Waals surface area contributed by atoms with Crippen LogP contribution >= 0.6 is 11.6 Å². The molecule has 20 heavy (non-hydrogen) atoms. The molecule has 0 fully saturated rings. The van der Waals surface area contributed by atoms with Gasteiger partial charge in [0.1, 0.15) is 0 Å². The van der Waals surface area contributed by atoms with Crippen LogP contribution in [0.4, 0.5) is 5.69 Å². The number of carbonyl (C=O) groups excluding carboxylic acids is 1. The van der Waals surface area contributed by atoms with Crippen LogP contribution in [0.5, 0.6) is 0 Å². The van der Waals surface area contributed by atoms with Crippen molar-refractivity contribution in [1.29, 1.82) is 0 Å². The van der Waals surface area contributed by atoms with Crippen LogP contribution in [0.25, 0.3) is 0 Å². The Balaban J connectivity index is 2.23. The average Bonchev–Trinajstić information content (AvgIpc) is 2.48. The summed E-state index contributed by atoms with van der Waals surface area (Å²) in [4.78, 5) is 18.2. The first-order chi connectivity index (χ1) is 9.63. The van der Waals surface area contributed by atoms with E-state index in [1.165, 1.54) is 0 Å². The van der Waals surface area contributed by atoms with Crippen molar-refractivity contribution in [3.8, 4) is 0 Å². The van der Waals surface area contributed by atoms with E-state index in [1.54, 1.807) is 35.5 Å². The molecule has 1 aromatic carbocycles. The number of para-hydroxylation sites is 1. The van der Waals surface area contributed by atoms with E-state index in [2.05, 4.69) is 4.98 Å². The summed E-state index contributed by atoms with van der Waals surface area (Å²) in [5.41, 5.74) is 7.67. The minimum atomic E-state index is -0.121. The van der Waals surface area contributed by atoms with E-state index in [0.29, 0.717) is 29.4 Å². The maximum Gasteiger partial charge on any atom is 0.256 e. The Hall–Kier alpha value is -2.07. The van der Waals surface area contributed by atoms with Gasteiger partial charge in [-0.2, -0.15) is 0 Å². The molecule has 2 N–H and O–H groups in total. The van der Waals surface area contributed by atoms with E-state index in [1.807, 2.05) is 19.1 Å². The molecule has 0 saturated heterocycles. The second kappa shape index (κ2) is 6.39. The molecule has 1 aromatic heterocycles. The molecule has 0 bridgehead atoms. The van der Waals surface area contributed by atoms with Gasteiger partial charge in [-0.3, -0.25) is 9.78 Å². The van der Waals surface area contributed by atoms with Crippen LogP contribution in [0.15, 0.2) is 42.7 Å². The smallest absolute Gasteiger partial charge is 0.256 e. The number of rotatable bonds is 4. The highest BCUT2D eigenvalue weighted by atomic mass is 35.5. The zero-order valence-electron chi connectivity index (χ0n) is 11.2. The number of pyridine rings is 1. The fourth-order valence-electron chi connectivity index (χ4n) is 1.93. The number of hydrogen-bond acceptors (Lipinski definition) is 3. The number of aromatic nitrogens is 1. The molecule has 0 aliphatic rings. The highest BCUT2D eigenvalue weighted by Crippen LogP contribution is 2.24. The van der Waals surface area contributed by atoms with Crippen LogP contribution in [-0.2, 0) is 6.54 Å². The number of hydrogen-bond donors (Lipinski definition) is 1. The highest BCUT2D eigenvalue weighted by molar-refractivity contribution is 6.33. The van der Waals surface area contributed by atoms with Gasteiger partial charge in [0.05, 0.1) is 16.3 Å². The first-order valence-corrected chi connectivity index (χ1v) is 6.73. The summed E-state index contributed by atoms with van der Waals surface area (Å²) in [5, 5.41) is 0.399. The van der Waals surface area contributed by atoms with Crippen LogP contribution in [0.1, 0.15) is 22.8 Å². The van der Waals surface area contributed by atoms with Crippen LogP contribution < -0.4 is 5.73 Å². The molecular weight excluding hydrogens is 274 g/mol. The van der Waals surface area contributed by atoms with Gasteiger partial charge in [-0.05, 0) is 36.8 Å². The Bertz CT molecular complexity index is 601. The maximum atomic E-state index is 12.5. The molecule has 1 amide bonds. The van der Waals surface area contributed by atoms with Gasteiger partial charge >= 0.3 is 0 Å². The molecule has 1 heterocycles. The van der Waals surface area contributed by atoms with Crippen molar-refractivity contribution < 1.29 is 4.79 Å². The second-order valence-corrected chi connectivity index (χ2v) is 4.78.